The van der Waals surface area contributed by atoms with E-state index in [2.05, 4.69) is 10.6 Å². The predicted molar refractivity (Wildman–Crippen MR) is 78.4 cm³/mol. The molecule has 0 bridgehead atoms. The Morgan fingerprint density at radius 2 is 1.80 bits per heavy atom. The Morgan fingerprint density at radius 1 is 1.10 bits per heavy atom. The summed E-state index contributed by atoms with van der Waals surface area (Å²) in [7, 11) is 1.77. The highest BCUT2D eigenvalue weighted by atomic mass is 19.1. The summed E-state index contributed by atoms with van der Waals surface area (Å²) < 4.78 is 13.4. The van der Waals surface area contributed by atoms with Crippen LogP contribution in [-0.2, 0) is 6.42 Å². The van der Waals surface area contributed by atoms with Crippen LogP contribution in [0.1, 0.15) is 15.9 Å². The molecule has 0 saturated carbocycles. The molecule has 2 rings (SSSR count). The monoisotopic (exact) mass is 272 g/mol. The van der Waals surface area contributed by atoms with E-state index in [0.29, 0.717) is 24.1 Å². The molecule has 0 aliphatic rings. The fourth-order valence-corrected chi connectivity index (χ4v) is 2.01. The number of carbonyl (C=O) groups is 1. The van der Waals surface area contributed by atoms with Crippen LogP contribution in [0.5, 0.6) is 0 Å². The number of rotatable bonds is 5. The molecule has 0 radical (unpaired) electrons. The Balaban J connectivity index is 1.94. The Bertz CT molecular complexity index is 599. The first kappa shape index (κ1) is 14.1. The van der Waals surface area contributed by atoms with E-state index in [1.165, 1.54) is 6.07 Å². The van der Waals surface area contributed by atoms with Crippen LogP contribution in [0.15, 0.2) is 48.5 Å². The molecule has 0 saturated heterocycles. The van der Waals surface area contributed by atoms with Crippen molar-refractivity contribution in [3.63, 3.8) is 0 Å². The molecule has 2 aromatic rings. The summed E-state index contributed by atoms with van der Waals surface area (Å²) in [5.74, 6) is -0.399. The van der Waals surface area contributed by atoms with Crippen molar-refractivity contribution in [2.45, 2.75) is 6.42 Å². The molecule has 2 N–H and O–H groups in total. The van der Waals surface area contributed by atoms with E-state index in [1.54, 1.807) is 31.3 Å². The van der Waals surface area contributed by atoms with Gasteiger partial charge in [0.25, 0.3) is 5.91 Å². The summed E-state index contributed by atoms with van der Waals surface area (Å²) in [6.45, 7) is 0.401. The molecule has 0 spiro atoms. The van der Waals surface area contributed by atoms with Crippen LogP contribution in [-0.4, -0.2) is 19.5 Å². The van der Waals surface area contributed by atoms with Gasteiger partial charge in [0.1, 0.15) is 5.82 Å². The van der Waals surface area contributed by atoms with Crippen molar-refractivity contribution in [1.29, 1.82) is 0 Å². The van der Waals surface area contributed by atoms with Crippen molar-refractivity contribution in [2.75, 3.05) is 18.9 Å². The summed E-state index contributed by atoms with van der Waals surface area (Å²) >= 11 is 0. The smallest absolute Gasteiger partial charge is 0.253 e. The first-order valence-corrected chi connectivity index (χ1v) is 6.50. The molecule has 1 amide bonds. The molecule has 0 aliphatic carbocycles. The zero-order valence-corrected chi connectivity index (χ0v) is 11.3. The van der Waals surface area contributed by atoms with Crippen molar-refractivity contribution in [1.82, 2.24) is 5.32 Å². The second-order valence-electron chi connectivity index (χ2n) is 4.39. The highest BCUT2D eigenvalue weighted by molar-refractivity contribution is 5.99. The molecule has 0 heterocycles. The minimum atomic E-state index is -0.239. The van der Waals surface area contributed by atoms with Crippen molar-refractivity contribution in [3.8, 4) is 0 Å². The van der Waals surface area contributed by atoms with Gasteiger partial charge in [-0.2, -0.15) is 0 Å². The van der Waals surface area contributed by atoms with Gasteiger partial charge in [-0.25, -0.2) is 4.39 Å². The third-order valence-electron chi connectivity index (χ3n) is 3.08. The number of amides is 1. The van der Waals surface area contributed by atoms with Gasteiger partial charge in [-0.15, -0.1) is 0 Å². The molecule has 0 aromatic heterocycles. The largest absolute Gasteiger partial charge is 0.387 e. The molecule has 0 fully saturated rings. The normalized spacial score (nSPS) is 10.1. The van der Waals surface area contributed by atoms with E-state index in [-0.39, 0.29) is 11.7 Å². The van der Waals surface area contributed by atoms with Crippen LogP contribution in [0.3, 0.4) is 0 Å². The number of nitrogens with one attached hydrogen (secondary N) is 2. The molecule has 2 aromatic carbocycles. The number of hydrogen-bond donors (Lipinski definition) is 2. The summed E-state index contributed by atoms with van der Waals surface area (Å²) in [5, 5.41) is 5.78. The lowest BCUT2D eigenvalue weighted by Gasteiger charge is -2.09. The van der Waals surface area contributed by atoms with E-state index < -0.39 is 0 Å². The highest BCUT2D eigenvalue weighted by Crippen LogP contribution is 2.13. The van der Waals surface area contributed by atoms with E-state index in [1.807, 2.05) is 18.2 Å². The second kappa shape index (κ2) is 6.70. The fraction of sp³-hybridized carbons (Fsp3) is 0.188. The van der Waals surface area contributed by atoms with Crippen LogP contribution in [0.2, 0.25) is 0 Å². The quantitative estimate of drug-likeness (QED) is 0.878. The first-order chi connectivity index (χ1) is 9.72. The van der Waals surface area contributed by atoms with Crippen molar-refractivity contribution in [3.05, 3.63) is 65.5 Å². The average Bonchev–Trinajstić information content (AvgIpc) is 2.49. The van der Waals surface area contributed by atoms with Gasteiger partial charge in [0.2, 0.25) is 0 Å². The lowest BCUT2D eigenvalue weighted by atomic mass is 10.1. The lowest BCUT2D eigenvalue weighted by molar-refractivity contribution is 0.0955. The van der Waals surface area contributed by atoms with E-state index >= 15 is 0 Å². The van der Waals surface area contributed by atoms with Crippen LogP contribution in [0, 0.1) is 5.82 Å². The van der Waals surface area contributed by atoms with Gasteiger partial charge < -0.3 is 10.6 Å². The molecular weight excluding hydrogens is 255 g/mol. The maximum absolute atomic E-state index is 13.4. The zero-order chi connectivity index (χ0) is 14.4. The maximum atomic E-state index is 13.4. The van der Waals surface area contributed by atoms with Crippen LogP contribution >= 0.6 is 0 Å². The number of para-hydroxylation sites is 1. The maximum Gasteiger partial charge on any atom is 0.253 e. The number of anilines is 1. The molecule has 0 atom stereocenters. The molecule has 104 valence electrons. The van der Waals surface area contributed by atoms with Crippen LogP contribution in [0.4, 0.5) is 10.1 Å². The minimum Gasteiger partial charge on any atom is -0.387 e. The summed E-state index contributed by atoms with van der Waals surface area (Å²) in [5.41, 5.74) is 1.97. The van der Waals surface area contributed by atoms with Crippen LogP contribution < -0.4 is 10.6 Å². The van der Waals surface area contributed by atoms with Gasteiger partial charge in [-0.1, -0.05) is 30.3 Å². The number of carbonyl (C=O) groups excluding carboxylic acids is 1. The molecule has 20 heavy (non-hydrogen) atoms. The van der Waals surface area contributed by atoms with Gasteiger partial charge >= 0.3 is 0 Å². The van der Waals surface area contributed by atoms with Crippen LogP contribution in [0.25, 0.3) is 0 Å². The first-order valence-electron chi connectivity index (χ1n) is 6.50. The van der Waals surface area contributed by atoms with Gasteiger partial charge in [-0.05, 0) is 30.2 Å². The van der Waals surface area contributed by atoms with E-state index in [4.69, 9.17) is 0 Å². The molecule has 0 aliphatic heterocycles. The Kier molecular flexibility index (Phi) is 4.71. The fourth-order valence-electron chi connectivity index (χ4n) is 2.01. The Morgan fingerprint density at radius 3 is 2.55 bits per heavy atom. The summed E-state index contributed by atoms with van der Waals surface area (Å²) in [6.07, 6.45) is 0.472. The second-order valence-corrected chi connectivity index (χ2v) is 4.39. The number of halogens is 1. The van der Waals surface area contributed by atoms with Crippen molar-refractivity contribution >= 4 is 11.6 Å². The van der Waals surface area contributed by atoms with Crippen molar-refractivity contribution in [2.24, 2.45) is 0 Å². The molecule has 3 nitrogen and oxygen atoms in total. The van der Waals surface area contributed by atoms with Gasteiger partial charge in [0.05, 0.1) is 5.56 Å². The standard InChI is InChI=1S/C16H17FN2O/c1-18-15-9-5-3-7-13(15)16(20)19-11-10-12-6-2-4-8-14(12)17/h2-9,18H,10-11H2,1H3,(H,19,20). The predicted octanol–water partition coefficient (Wildman–Crippen LogP) is 2.84. The molecule has 0 unspecified atom stereocenters. The van der Waals surface area contributed by atoms with Gasteiger partial charge in [0.15, 0.2) is 0 Å². The molecule has 4 heteroatoms. The van der Waals surface area contributed by atoms with E-state index in [0.717, 1.165) is 5.69 Å². The molecular formula is C16H17FN2O. The number of hydrogen-bond acceptors (Lipinski definition) is 2. The summed E-state index contributed by atoms with van der Waals surface area (Å²) in [6, 6.07) is 13.9. The number of benzene rings is 2. The van der Waals surface area contributed by atoms with Crippen molar-refractivity contribution < 1.29 is 9.18 Å². The summed E-state index contributed by atoms with van der Waals surface area (Å²) in [4.78, 5) is 12.1. The van der Waals surface area contributed by atoms with Gasteiger partial charge in [0, 0.05) is 19.3 Å². The lowest BCUT2D eigenvalue weighted by Crippen LogP contribution is -2.26. The topological polar surface area (TPSA) is 41.1 Å². The average molecular weight is 272 g/mol. The third kappa shape index (κ3) is 3.35. The Hall–Kier alpha value is -2.36. The zero-order valence-electron chi connectivity index (χ0n) is 11.3. The SMILES string of the molecule is CNc1ccccc1C(=O)NCCc1ccccc1F. The minimum absolute atomic E-state index is 0.161. The van der Waals surface area contributed by atoms with Gasteiger partial charge in [-0.3, -0.25) is 4.79 Å². The third-order valence-corrected chi connectivity index (χ3v) is 3.08. The highest BCUT2D eigenvalue weighted by Gasteiger charge is 2.09. The Labute approximate surface area is 117 Å². The van der Waals surface area contributed by atoms with E-state index in [9.17, 15) is 9.18 Å².